The van der Waals surface area contributed by atoms with E-state index in [1.165, 1.54) is 23.1 Å². The third-order valence-corrected chi connectivity index (χ3v) is 6.00. The van der Waals surface area contributed by atoms with E-state index in [-0.39, 0.29) is 5.91 Å². The minimum atomic E-state index is -0.232. The van der Waals surface area contributed by atoms with Crippen molar-refractivity contribution in [2.24, 2.45) is 0 Å². The number of aromatic nitrogens is 2. The van der Waals surface area contributed by atoms with E-state index in [0.29, 0.717) is 28.6 Å². The molecule has 0 aliphatic rings. The maximum atomic E-state index is 12.4. The minimum Gasteiger partial charge on any atom is -0.494 e. The Bertz CT molecular complexity index is 979. The number of amides is 1. The van der Waals surface area contributed by atoms with E-state index < -0.39 is 0 Å². The number of rotatable bonds is 9. The van der Waals surface area contributed by atoms with Crippen LogP contribution in [0, 0.1) is 11.3 Å². The first-order chi connectivity index (χ1) is 14.2. The standard InChI is InChI=1S/C21H20N4O2S2/c1-2-3-12-27-18-10-8-17(9-11-18)19(26)23-20-24-25-21(29-20)28-14-16-6-4-15(13-22)5-7-16/h4-11H,2-3,12,14H2,1H3,(H,23,24,26). The Morgan fingerprint density at radius 3 is 2.62 bits per heavy atom. The van der Waals surface area contributed by atoms with Gasteiger partial charge in [0.05, 0.1) is 18.2 Å². The highest BCUT2D eigenvalue weighted by molar-refractivity contribution is 8.00. The third-order valence-electron chi connectivity index (χ3n) is 3.96. The van der Waals surface area contributed by atoms with Crippen molar-refractivity contribution in [1.29, 1.82) is 5.26 Å². The molecule has 0 aliphatic heterocycles. The fourth-order valence-corrected chi connectivity index (χ4v) is 4.05. The highest BCUT2D eigenvalue weighted by Crippen LogP contribution is 2.28. The van der Waals surface area contributed by atoms with Gasteiger partial charge in [-0.1, -0.05) is 48.6 Å². The van der Waals surface area contributed by atoms with Crippen molar-refractivity contribution in [1.82, 2.24) is 10.2 Å². The zero-order chi connectivity index (χ0) is 20.5. The zero-order valence-corrected chi connectivity index (χ0v) is 17.6. The first kappa shape index (κ1) is 20.8. The van der Waals surface area contributed by atoms with Gasteiger partial charge in [0.15, 0.2) is 4.34 Å². The molecule has 0 saturated heterocycles. The van der Waals surface area contributed by atoms with Gasteiger partial charge in [-0.3, -0.25) is 10.1 Å². The minimum absolute atomic E-state index is 0.232. The molecule has 1 heterocycles. The Balaban J connectivity index is 1.51. The Labute approximate surface area is 177 Å². The first-order valence-corrected chi connectivity index (χ1v) is 11.0. The summed E-state index contributed by atoms with van der Waals surface area (Å²) in [5.74, 6) is 1.24. The van der Waals surface area contributed by atoms with Crippen LogP contribution in [0.3, 0.4) is 0 Å². The van der Waals surface area contributed by atoms with E-state index in [1.54, 1.807) is 36.4 Å². The first-order valence-electron chi connectivity index (χ1n) is 9.17. The fraction of sp³-hybridized carbons (Fsp3) is 0.238. The summed E-state index contributed by atoms with van der Waals surface area (Å²) in [6.45, 7) is 2.79. The molecule has 0 radical (unpaired) electrons. The smallest absolute Gasteiger partial charge is 0.257 e. The molecule has 0 aliphatic carbocycles. The normalized spacial score (nSPS) is 10.3. The molecule has 3 rings (SSSR count). The molecule has 0 fully saturated rings. The van der Waals surface area contributed by atoms with Crippen LogP contribution in [0.5, 0.6) is 5.75 Å². The molecule has 3 aromatic rings. The highest BCUT2D eigenvalue weighted by atomic mass is 32.2. The molecule has 0 unspecified atom stereocenters. The van der Waals surface area contributed by atoms with E-state index in [1.807, 2.05) is 12.1 Å². The van der Waals surface area contributed by atoms with E-state index in [2.05, 4.69) is 28.5 Å². The lowest BCUT2D eigenvalue weighted by Crippen LogP contribution is -2.11. The molecule has 8 heteroatoms. The SMILES string of the molecule is CCCCOc1ccc(C(=O)Nc2nnc(SCc3ccc(C#N)cc3)s2)cc1. The lowest BCUT2D eigenvalue weighted by Gasteiger charge is -2.06. The zero-order valence-electron chi connectivity index (χ0n) is 15.9. The van der Waals surface area contributed by atoms with Crippen molar-refractivity contribution < 1.29 is 9.53 Å². The third kappa shape index (κ3) is 6.31. The van der Waals surface area contributed by atoms with Crippen LogP contribution in [-0.4, -0.2) is 22.7 Å². The van der Waals surface area contributed by atoms with Crippen molar-refractivity contribution in [3.63, 3.8) is 0 Å². The van der Waals surface area contributed by atoms with Gasteiger partial charge in [0.25, 0.3) is 5.91 Å². The lowest BCUT2D eigenvalue weighted by molar-refractivity contribution is 0.102. The van der Waals surface area contributed by atoms with Gasteiger partial charge in [-0.15, -0.1) is 10.2 Å². The van der Waals surface area contributed by atoms with Crippen LogP contribution in [0.4, 0.5) is 5.13 Å². The van der Waals surface area contributed by atoms with Crippen molar-refractivity contribution in [2.75, 3.05) is 11.9 Å². The summed E-state index contributed by atoms with van der Waals surface area (Å²) in [6.07, 6.45) is 2.08. The number of benzene rings is 2. The monoisotopic (exact) mass is 424 g/mol. The fourth-order valence-electron chi connectivity index (χ4n) is 2.35. The Kier molecular flexibility index (Phi) is 7.61. The Morgan fingerprint density at radius 1 is 1.17 bits per heavy atom. The molecular weight excluding hydrogens is 404 g/mol. The summed E-state index contributed by atoms with van der Waals surface area (Å²) in [5.41, 5.74) is 2.27. The number of anilines is 1. The van der Waals surface area contributed by atoms with E-state index in [0.717, 1.165) is 28.5 Å². The second-order valence-corrected chi connectivity index (χ2v) is 8.35. The average molecular weight is 425 g/mol. The molecule has 6 nitrogen and oxygen atoms in total. The average Bonchev–Trinajstić information content (AvgIpc) is 3.20. The molecular formula is C21H20N4O2S2. The molecule has 29 heavy (non-hydrogen) atoms. The van der Waals surface area contributed by atoms with Gasteiger partial charge in [0.2, 0.25) is 5.13 Å². The summed E-state index contributed by atoms with van der Waals surface area (Å²) in [4.78, 5) is 12.4. The molecule has 2 aromatic carbocycles. The molecule has 1 aromatic heterocycles. The van der Waals surface area contributed by atoms with Crippen LogP contribution in [0.1, 0.15) is 41.3 Å². The summed E-state index contributed by atoms with van der Waals surface area (Å²) in [5, 5.41) is 20.2. The number of carbonyl (C=O) groups is 1. The molecule has 1 amide bonds. The van der Waals surface area contributed by atoms with E-state index >= 15 is 0 Å². The number of ether oxygens (including phenoxy) is 1. The predicted octanol–water partition coefficient (Wildman–Crippen LogP) is 5.13. The van der Waals surface area contributed by atoms with Gasteiger partial charge >= 0.3 is 0 Å². The number of hydrogen-bond donors (Lipinski definition) is 1. The number of carbonyl (C=O) groups excluding carboxylic acids is 1. The van der Waals surface area contributed by atoms with Crippen molar-refractivity contribution in [3.05, 3.63) is 65.2 Å². The number of nitriles is 1. The van der Waals surface area contributed by atoms with Gasteiger partial charge in [-0.05, 0) is 48.4 Å². The van der Waals surface area contributed by atoms with E-state index in [4.69, 9.17) is 10.00 Å². The predicted molar refractivity (Wildman–Crippen MR) is 115 cm³/mol. The summed E-state index contributed by atoms with van der Waals surface area (Å²) in [7, 11) is 0. The Morgan fingerprint density at radius 2 is 1.93 bits per heavy atom. The van der Waals surface area contributed by atoms with Crippen molar-refractivity contribution >= 4 is 34.1 Å². The largest absolute Gasteiger partial charge is 0.494 e. The van der Waals surface area contributed by atoms with Crippen LogP contribution in [0.15, 0.2) is 52.9 Å². The number of hydrogen-bond acceptors (Lipinski definition) is 7. The van der Waals surface area contributed by atoms with Crippen LogP contribution in [0.25, 0.3) is 0 Å². The van der Waals surface area contributed by atoms with Crippen LogP contribution < -0.4 is 10.1 Å². The maximum Gasteiger partial charge on any atom is 0.257 e. The van der Waals surface area contributed by atoms with Crippen molar-refractivity contribution in [3.8, 4) is 11.8 Å². The van der Waals surface area contributed by atoms with E-state index in [9.17, 15) is 4.79 Å². The molecule has 1 N–H and O–H groups in total. The maximum absolute atomic E-state index is 12.4. The van der Waals surface area contributed by atoms with Gasteiger partial charge in [0, 0.05) is 11.3 Å². The second-order valence-electron chi connectivity index (χ2n) is 6.15. The highest BCUT2D eigenvalue weighted by Gasteiger charge is 2.11. The summed E-state index contributed by atoms with van der Waals surface area (Å²) < 4.78 is 6.38. The molecule has 0 saturated carbocycles. The number of nitrogens with one attached hydrogen (secondary N) is 1. The van der Waals surface area contributed by atoms with Crippen LogP contribution in [0.2, 0.25) is 0 Å². The van der Waals surface area contributed by atoms with Crippen LogP contribution >= 0.6 is 23.1 Å². The van der Waals surface area contributed by atoms with Gasteiger partial charge in [-0.2, -0.15) is 5.26 Å². The van der Waals surface area contributed by atoms with Crippen LogP contribution in [-0.2, 0) is 5.75 Å². The van der Waals surface area contributed by atoms with Crippen molar-refractivity contribution in [2.45, 2.75) is 29.9 Å². The number of thioether (sulfide) groups is 1. The topological polar surface area (TPSA) is 87.9 Å². The number of nitrogens with zero attached hydrogens (tertiary/aromatic N) is 3. The quantitative estimate of drug-likeness (QED) is 0.291. The van der Waals surface area contributed by atoms with Gasteiger partial charge < -0.3 is 4.74 Å². The Hall–Kier alpha value is -2.89. The summed E-state index contributed by atoms with van der Waals surface area (Å²) in [6, 6.07) is 16.6. The van der Waals surface area contributed by atoms with Gasteiger partial charge in [-0.25, -0.2) is 0 Å². The summed E-state index contributed by atoms with van der Waals surface area (Å²) >= 11 is 2.87. The lowest BCUT2D eigenvalue weighted by atomic mass is 10.2. The molecule has 0 atom stereocenters. The molecule has 148 valence electrons. The molecule has 0 bridgehead atoms. The van der Waals surface area contributed by atoms with Gasteiger partial charge in [0.1, 0.15) is 5.75 Å². The number of unbranched alkanes of at least 4 members (excludes halogenated alkanes) is 1. The second kappa shape index (κ2) is 10.6. The molecule has 0 spiro atoms.